The Kier molecular flexibility index (Phi) is 12.8. The normalized spacial score (nSPS) is 17.7. The molecule has 0 amide bonds. The summed E-state index contributed by atoms with van der Waals surface area (Å²) in [6, 6.07) is 0. The van der Waals surface area contributed by atoms with Crippen molar-refractivity contribution in [2.24, 2.45) is 5.92 Å². The third-order valence-electron chi connectivity index (χ3n) is 3.86. The van der Waals surface area contributed by atoms with Crippen molar-refractivity contribution in [1.82, 2.24) is 4.90 Å². The van der Waals surface area contributed by atoms with Crippen LogP contribution in [-0.4, -0.2) is 30.3 Å². The van der Waals surface area contributed by atoms with Gasteiger partial charge in [0.25, 0.3) is 0 Å². The van der Waals surface area contributed by atoms with E-state index in [1.807, 2.05) is 39.0 Å². The molecule has 0 spiro atoms. The fraction of sp³-hybridized carbons (Fsp3) is 0.650. The first-order valence-corrected chi connectivity index (χ1v) is 8.94. The van der Waals surface area contributed by atoms with Crippen LogP contribution in [0.1, 0.15) is 59.8 Å². The summed E-state index contributed by atoms with van der Waals surface area (Å²) >= 11 is 0. The fourth-order valence-electron chi connectivity index (χ4n) is 2.87. The molecule has 0 aromatic rings. The van der Waals surface area contributed by atoms with Gasteiger partial charge < -0.3 is 4.90 Å². The van der Waals surface area contributed by atoms with Crippen LogP contribution < -0.4 is 0 Å². The Hall–Kier alpha value is -1.15. The monoisotopic (exact) mass is 305 g/mol. The van der Waals surface area contributed by atoms with E-state index in [1.54, 1.807) is 6.08 Å². The summed E-state index contributed by atoms with van der Waals surface area (Å²) in [6.07, 6.45) is 13.3. The zero-order valence-electron chi connectivity index (χ0n) is 15.1. The molecule has 0 aromatic heterocycles. The minimum Gasteiger partial charge on any atom is -0.303 e. The maximum Gasteiger partial charge on any atom is 0.167 e. The number of piperidine rings is 1. The number of rotatable bonds is 8. The van der Waals surface area contributed by atoms with Crippen LogP contribution in [-0.2, 0) is 4.79 Å². The van der Waals surface area contributed by atoms with Gasteiger partial charge in [-0.3, -0.25) is 4.79 Å². The minimum absolute atomic E-state index is 0.125. The Morgan fingerprint density at radius 3 is 2.36 bits per heavy atom. The number of nitrogens with zero attached hydrogens (tertiary/aromatic N) is 1. The molecule has 1 aliphatic heterocycles. The first-order valence-electron chi connectivity index (χ1n) is 8.94. The molecule has 0 radical (unpaired) electrons. The van der Waals surface area contributed by atoms with E-state index in [2.05, 4.69) is 18.4 Å². The van der Waals surface area contributed by atoms with Gasteiger partial charge in [-0.05, 0) is 39.3 Å². The van der Waals surface area contributed by atoms with Crippen molar-refractivity contribution in [3.8, 4) is 0 Å². The van der Waals surface area contributed by atoms with Gasteiger partial charge in [-0.1, -0.05) is 64.5 Å². The highest BCUT2D eigenvalue weighted by Crippen LogP contribution is 2.19. The number of carbonyl (C=O) groups excluding carboxylic acids is 1. The molecule has 0 N–H and O–H groups in total. The molecule has 0 bridgehead atoms. The third-order valence-corrected chi connectivity index (χ3v) is 3.86. The van der Waals surface area contributed by atoms with Gasteiger partial charge in [0.05, 0.1) is 0 Å². The molecule has 0 aromatic carbocycles. The average Bonchev–Trinajstić information content (AvgIpc) is 2.56. The minimum atomic E-state index is 0.125. The molecule has 1 heterocycles. The lowest BCUT2D eigenvalue weighted by atomic mass is 9.91. The number of hydrogen-bond donors (Lipinski definition) is 0. The molecule has 22 heavy (non-hydrogen) atoms. The van der Waals surface area contributed by atoms with Crippen LogP contribution in [0.25, 0.3) is 0 Å². The van der Waals surface area contributed by atoms with Crippen molar-refractivity contribution in [3.63, 3.8) is 0 Å². The van der Waals surface area contributed by atoms with E-state index in [0.29, 0.717) is 0 Å². The summed E-state index contributed by atoms with van der Waals surface area (Å²) in [6.45, 7) is 15.0. The summed E-state index contributed by atoms with van der Waals surface area (Å²) in [5.74, 6) is 0.399. The van der Waals surface area contributed by atoms with E-state index in [-0.39, 0.29) is 11.7 Å². The zero-order valence-corrected chi connectivity index (χ0v) is 15.1. The average molecular weight is 306 g/mol. The van der Waals surface area contributed by atoms with Gasteiger partial charge in [0.15, 0.2) is 5.78 Å². The van der Waals surface area contributed by atoms with Crippen molar-refractivity contribution in [1.29, 1.82) is 0 Å². The van der Waals surface area contributed by atoms with Crippen LogP contribution in [0.5, 0.6) is 0 Å². The van der Waals surface area contributed by atoms with Gasteiger partial charge in [-0.2, -0.15) is 0 Å². The second-order valence-electron chi connectivity index (χ2n) is 5.57. The van der Waals surface area contributed by atoms with E-state index in [0.717, 1.165) is 38.0 Å². The summed E-state index contributed by atoms with van der Waals surface area (Å²) < 4.78 is 0. The first-order chi connectivity index (χ1) is 10.7. The highest BCUT2D eigenvalue weighted by atomic mass is 16.1. The lowest BCUT2D eigenvalue weighted by Gasteiger charge is -2.30. The summed E-state index contributed by atoms with van der Waals surface area (Å²) in [5.41, 5.74) is 0.790. The molecule has 1 aliphatic rings. The van der Waals surface area contributed by atoms with Crippen LogP contribution in [0, 0.1) is 5.92 Å². The first kappa shape index (κ1) is 20.9. The van der Waals surface area contributed by atoms with Crippen LogP contribution in [0.3, 0.4) is 0 Å². The molecule has 1 atom stereocenters. The van der Waals surface area contributed by atoms with E-state index in [1.165, 1.54) is 19.3 Å². The molecule has 1 fully saturated rings. The van der Waals surface area contributed by atoms with Gasteiger partial charge in [-0.25, -0.2) is 0 Å². The van der Waals surface area contributed by atoms with Crippen molar-refractivity contribution >= 4 is 5.78 Å². The second kappa shape index (κ2) is 13.5. The summed E-state index contributed by atoms with van der Waals surface area (Å²) in [7, 11) is 0. The van der Waals surface area contributed by atoms with Gasteiger partial charge in [0, 0.05) is 18.0 Å². The largest absolute Gasteiger partial charge is 0.303 e. The highest BCUT2D eigenvalue weighted by Gasteiger charge is 2.23. The van der Waals surface area contributed by atoms with Crippen LogP contribution in [0.4, 0.5) is 0 Å². The van der Waals surface area contributed by atoms with Gasteiger partial charge >= 0.3 is 0 Å². The molecule has 1 saturated heterocycles. The second-order valence-corrected chi connectivity index (χ2v) is 5.57. The Bertz CT molecular complexity index is 362. The Balaban J connectivity index is 0.00000211. The standard InChI is InChI=1S/C18H29NO.C2H6/c1-4-10-16(11-5-2)18(20)17(12-6-3)15-19-13-8-7-9-14-19;1-2/h4-5,10-11,17H,1,6-9,12-15H2,2-3H3;1-2H3/b11-5-,16-10+;. The molecule has 0 saturated carbocycles. The smallest absolute Gasteiger partial charge is 0.167 e. The number of ketones is 1. The number of allylic oxidation sites excluding steroid dienone is 5. The topological polar surface area (TPSA) is 20.3 Å². The van der Waals surface area contributed by atoms with E-state index < -0.39 is 0 Å². The molecule has 1 rings (SSSR count). The molecule has 2 heteroatoms. The molecule has 1 unspecified atom stereocenters. The Morgan fingerprint density at radius 2 is 1.86 bits per heavy atom. The van der Waals surface area contributed by atoms with Crippen molar-refractivity contribution in [2.45, 2.75) is 59.8 Å². The molecule has 0 aliphatic carbocycles. The number of likely N-dealkylation sites (tertiary alicyclic amines) is 1. The maximum absolute atomic E-state index is 12.7. The van der Waals surface area contributed by atoms with Gasteiger partial charge in [0.2, 0.25) is 0 Å². The Morgan fingerprint density at radius 1 is 1.23 bits per heavy atom. The maximum atomic E-state index is 12.7. The third kappa shape index (κ3) is 7.74. The number of hydrogen-bond acceptors (Lipinski definition) is 2. The summed E-state index contributed by atoms with van der Waals surface area (Å²) in [5, 5.41) is 0. The molecule has 126 valence electrons. The van der Waals surface area contributed by atoms with Crippen LogP contribution >= 0.6 is 0 Å². The summed E-state index contributed by atoms with van der Waals surface area (Å²) in [4.78, 5) is 15.2. The molecule has 2 nitrogen and oxygen atoms in total. The number of Topliss-reactive ketones (excluding diaryl/α,β-unsaturated/α-hetero) is 1. The fourth-order valence-corrected chi connectivity index (χ4v) is 2.87. The predicted octanol–water partition coefficient (Wildman–Crippen LogP) is 5.17. The van der Waals surface area contributed by atoms with Gasteiger partial charge in [-0.15, -0.1) is 0 Å². The Labute approximate surface area is 138 Å². The van der Waals surface area contributed by atoms with Crippen molar-refractivity contribution < 1.29 is 4.79 Å². The van der Waals surface area contributed by atoms with E-state index in [4.69, 9.17) is 0 Å². The van der Waals surface area contributed by atoms with Crippen molar-refractivity contribution in [2.75, 3.05) is 19.6 Å². The van der Waals surface area contributed by atoms with Gasteiger partial charge in [0.1, 0.15) is 0 Å². The van der Waals surface area contributed by atoms with Crippen molar-refractivity contribution in [3.05, 3.63) is 36.5 Å². The molecular weight excluding hydrogens is 270 g/mol. The zero-order chi connectivity index (χ0) is 16.8. The number of carbonyl (C=O) groups is 1. The highest BCUT2D eigenvalue weighted by molar-refractivity contribution is 6.00. The van der Waals surface area contributed by atoms with Crippen LogP contribution in [0.15, 0.2) is 36.5 Å². The quantitative estimate of drug-likeness (QED) is 0.455. The van der Waals surface area contributed by atoms with E-state index in [9.17, 15) is 4.79 Å². The van der Waals surface area contributed by atoms with E-state index >= 15 is 0 Å². The SMILES string of the molecule is C=C/C=C(\C=C/C)C(=O)C(CCC)CN1CCCCC1.CC. The lowest BCUT2D eigenvalue weighted by Crippen LogP contribution is -2.37. The lowest BCUT2D eigenvalue weighted by molar-refractivity contribution is -0.119. The predicted molar refractivity (Wildman–Crippen MR) is 98.1 cm³/mol. The van der Waals surface area contributed by atoms with Crippen LogP contribution in [0.2, 0.25) is 0 Å². The molecular formula is C20H35NO.